The molecule has 0 amide bonds. The van der Waals surface area contributed by atoms with Crippen molar-refractivity contribution in [1.29, 1.82) is 0 Å². The molecule has 0 aliphatic carbocycles. The summed E-state index contributed by atoms with van der Waals surface area (Å²) in [4.78, 5) is 14.2. The van der Waals surface area contributed by atoms with Gasteiger partial charge in [-0.15, -0.1) is 0 Å². The Balaban J connectivity index is 2.42. The molecule has 5 nitrogen and oxygen atoms in total. The monoisotopic (exact) mass is 271 g/mol. The molecule has 0 radical (unpaired) electrons. The highest BCUT2D eigenvalue weighted by Gasteiger charge is 2.05. The molecule has 1 heterocycles. The van der Waals surface area contributed by atoms with Crippen molar-refractivity contribution in [2.24, 2.45) is 5.92 Å². The fraction of sp³-hybridized carbons (Fsp3) is 0.750. The first-order chi connectivity index (χ1) is 8.49. The molecule has 102 valence electrons. The predicted molar refractivity (Wildman–Crippen MR) is 76.3 cm³/mol. The van der Waals surface area contributed by atoms with Crippen LogP contribution in [0.2, 0.25) is 5.28 Å². The van der Waals surface area contributed by atoms with Gasteiger partial charge in [0, 0.05) is 20.6 Å². The number of halogens is 1. The molecule has 0 bridgehead atoms. The molecule has 0 saturated carbocycles. The van der Waals surface area contributed by atoms with Crippen molar-refractivity contribution in [1.82, 2.24) is 15.0 Å². The van der Waals surface area contributed by atoms with E-state index < -0.39 is 0 Å². The van der Waals surface area contributed by atoms with E-state index in [1.165, 1.54) is 12.8 Å². The van der Waals surface area contributed by atoms with Gasteiger partial charge in [-0.3, -0.25) is 0 Å². The van der Waals surface area contributed by atoms with Crippen LogP contribution < -0.4 is 10.2 Å². The van der Waals surface area contributed by atoms with Gasteiger partial charge in [0.05, 0.1) is 0 Å². The highest BCUT2D eigenvalue weighted by atomic mass is 35.5. The minimum Gasteiger partial charge on any atom is -0.354 e. The molecule has 1 aromatic heterocycles. The van der Waals surface area contributed by atoms with E-state index in [-0.39, 0.29) is 5.28 Å². The van der Waals surface area contributed by atoms with E-state index in [1.807, 2.05) is 14.1 Å². The van der Waals surface area contributed by atoms with Crippen molar-refractivity contribution in [2.75, 3.05) is 30.9 Å². The number of anilines is 2. The molecule has 18 heavy (non-hydrogen) atoms. The van der Waals surface area contributed by atoms with Gasteiger partial charge in [-0.05, 0) is 23.9 Å². The lowest BCUT2D eigenvalue weighted by Crippen LogP contribution is -2.15. The smallest absolute Gasteiger partial charge is 0.230 e. The molecule has 6 heteroatoms. The van der Waals surface area contributed by atoms with Crippen molar-refractivity contribution < 1.29 is 0 Å². The first kappa shape index (κ1) is 15.0. The molecule has 1 rings (SSSR count). The molecule has 0 atom stereocenters. The van der Waals surface area contributed by atoms with Crippen LogP contribution in [0, 0.1) is 5.92 Å². The Morgan fingerprint density at radius 3 is 2.50 bits per heavy atom. The van der Waals surface area contributed by atoms with E-state index in [4.69, 9.17) is 11.6 Å². The van der Waals surface area contributed by atoms with E-state index in [0.717, 1.165) is 18.9 Å². The van der Waals surface area contributed by atoms with Crippen LogP contribution in [0.1, 0.15) is 33.1 Å². The maximum atomic E-state index is 5.85. The van der Waals surface area contributed by atoms with Crippen LogP contribution in [0.3, 0.4) is 0 Å². The summed E-state index contributed by atoms with van der Waals surface area (Å²) >= 11 is 5.85. The minimum absolute atomic E-state index is 0.221. The van der Waals surface area contributed by atoms with Crippen LogP contribution in [0.25, 0.3) is 0 Å². The van der Waals surface area contributed by atoms with Gasteiger partial charge in [0.2, 0.25) is 17.2 Å². The Kier molecular flexibility index (Phi) is 6.12. The first-order valence-corrected chi connectivity index (χ1v) is 6.69. The van der Waals surface area contributed by atoms with Crippen LogP contribution in [0.4, 0.5) is 11.9 Å². The Morgan fingerprint density at radius 1 is 1.17 bits per heavy atom. The zero-order valence-electron chi connectivity index (χ0n) is 11.6. The largest absolute Gasteiger partial charge is 0.354 e. The number of nitrogens with zero attached hydrogens (tertiary/aromatic N) is 4. The second-order valence-corrected chi connectivity index (χ2v) is 5.28. The topological polar surface area (TPSA) is 53.9 Å². The Bertz CT molecular complexity index is 367. The summed E-state index contributed by atoms with van der Waals surface area (Å²) in [5.41, 5.74) is 0. The van der Waals surface area contributed by atoms with Gasteiger partial charge in [-0.25, -0.2) is 0 Å². The Labute approximate surface area is 114 Å². The van der Waals surface area contributed by atoms with Crippen LogP contribution in [0.15, 0.2) is 0 Å². The maximum Gasteiger partial charge on any atom is 0.230 e. The average Bonchev–Trinajstić information content (AvgIpc) is 2.27. The van der Waals surface area contributed by atoms with Crippen LogP contribution in [-0.4, -0.2) is 35.6 Å². The van der Waals surface area contributed by atoms with Gasteiger partial charge in [0.15, 0.2) is 0 Å². The number of nitrogens with one attached hydrogen (secondary N) is 1. The third kappa shape index (κ3) is 5.49. The number of unbranched alkanes of at least 4 members (excludes halogenated alkanes) is 1. The zero-order chi connectivity index (χ0) is 13.5. The van der Waals surface area contributed by atoms with Gasteiger partial charge in [-0.2, -0.15) is 15.0 Å². The number of hydrogen-bond acceptors (Lipinski definition) is 5. The summed E-state index contributed by atoms with van der Waals surface area (Å²) in [6, 6.07) is 0. The zero-order valence-corrected chi connectivity index (χ0v) is 12.3. The molecule has 0 spiro atoms. The van der Waals surface area contributed by atoms with E-state index in [1.54, 1.807) is 4.90 Å². The third-order valence-corrected chi connectivity index (χ3v) is 2.66. The van der Waals surface area contributed by atoms with Crippen molar-refractivity contribution in [3.63, 3.8) is 0 Å². The summed E-state index contributed by atoms with van der Waals surface area (Å²) in [6.45, 7) is 5.34. The highest BCUT2D eigenvalue weighted by molar-refractivity contribution is 6.28. The van der Waals surface area contributed by atoms with Gasteiger partial charge in [-0.1, -0.05) is 26.7 Å². The summed E-state index contributed by atoms with van der Waals surface area (Å²) in [5.74, 6) is 1.87. The lowest BCUT2D eigenvalue weighted by molar-refractivity contribution is 0.544. The van der Waals surface area contributed by atoms with Gasteiger partial charge in [0.1, 0.15) is 0 Å². The van der Waals surface area contributed by atoms with Crippen molar-refractivity contribution in [3.8, 4) is 0 Å². The molecular weight excluding hydrogens is 250 g/mol. The third-order valence-electron chi connectivity index (χ3n) is 2.49. The van der Waals surface area contributed by atoms with Gasteiger partial charge < -0.3 is 10.2 Å². The number of aromatic nitrogens is 3. The molecule has 0 saturated heterocycles. The molecule has 1 aromatic rings. The highest BCUT2D eigenvalue weighted by Crippen LogP contribution is 2.12. The Hall–Kier alpha value is -1.10. The van der Waals surface area contributed by atoms with E-state index in [2.05, 4.69) is 34.1 Å². The second kappa shape index (κ2) is 7.36. The molecule has 0 aliphatic heterocycles. The maximum absolute atomic E-state index is 5.85. The summed E-state index contributed by atoms with van der Waals surface area (Å²) in [7, 11) is 3.75. The molecule has 0 aromatic carbocycles. The minimum atomic E-state index is 0.221. The molecule has 0 fully saturated rings. The number of rotatable bonds is 7. The van der Waals surface area contributed by atoms with Crippen LogP contribution >= 0.6 is 11.6 Å². The molecular formula is C12H22ClN5. The average molecular weight is 272 g/mol. The summed E-state index contributed by atoms with van der Waals surface area (Å²) in [6.07, 6.45) is 3.57. The normalized spacial score (nSPS) is 10.8. The quantitative estimate of drug-likeness (QED) is 0.773. The van der Waals surface area contributed by atoms with Gasteiger partial charge >= 0.3 is 0 Å². The van der Waals surface area contributed by atoms with Crippen molar-refractivity contribution >= 4 is 23.5 Å². The summed E-state index contributed by atoms with van der Waals surface area (Å²) in [5, 5.41) is 3.40. The molecule has 1 N–H and O–H groups in total. The Morgan fingerprint density at radius 2 is 1.89 bits per heavy atom. The SMILES string of the molecule is CC(C)CCCCNc1nc(Cl)nc(N(C)C)n1. The number of hydrogen-bond donors (Lipinski definition) is 1. The van der Waals surface area contributed by atoms with E-state index >= 15 is 0 Å². The van der Waals surface area contributed by atoms with Gasteiger partial charge in [0.25, 0.3) is 0 Å². The fourth-order valence-corrected chi connectivity index (χ4v) is 1.65. The fourth-order valence-electron chi connectivity index (χ4n) is 1.50. The summed E-state index contributed by atoms with van der Waals surface area (Å²) < 4.78 is 0. The lowest BCUT2D eigenvalue weighted by atomic mass is 10.1. The van der Waals surface area contributed by atoms with Crippen molar-refractivity contribution in [3.05, 3.63) is 5.28 Å². The standard InChI is InChI=1S/C12H22ClN5/c1-9(2)7-5-6-8-14-11-15-10(13)16-12(17-11)18(3)4/h9H,5-8H2,1-4H3,(H,14,15,16,17). The van der Waals surface area contributed by atoms with Crippen LogP contribution in [-0.2, 0) is 0 Å². The van der Waals surface area contributed by atoms with E-state index in [9.17, 15) is 0 Å². The first-order valence-electron chi connectivity index (χ1n) is 6.32. The van der Waals surface area contributed by atoms with E-state index in [0.29, 0.717) is 11.9 Å². The molecule has 0 unspecified atom stereocenters. The lowest BCUT2D eigenvalue weighted by Gasteiger charge is -2.11. The molecule has 0 aliphatic rings. The second-order valence-electron chi connectivity index (χ2n) is 4.94. The van der Waals surface area contributed by atoms with Crippen molar-refractivity contribution in [2.45, 2.75) is 33.1 Å². The predicted octanol–water partition coefficient (Wildman–Crippen LogP) is 2.83. The van der Waals surface area contributed by atoms with Crippen LogP contribution in [0.5, 0.6) is 0 Å².